The van der Waals surface area contributed by atoms with E-state index in [9.17, 15) is 0 Å². The van der Waals surface area contributed by atoms with Crippen molar-refractivity contribution in [2.45, 2.75) is 26.9 Å². The van der Waals surface area contributed by atoms with Crippen molar-refractivity contribution in [1.82, 2.24) is 15.2 Å². The topological polar surface area (TPSA) is 40.5 Å². The second kappa shape index (κ2) is 9.78. The Labute approximate surface area is 153 Å². The first-order chi connectivity index (χ1) is 10.2. The quantitative estimate of drug-likeness (QED) is 0.447. The van der Waals surface area contributed by atoms with Gasteiger partial charge in [-0.15, -0.1) is 35.3 Å². The number of hydrogen-bond acceptors (Lipinski definition) is 3. The summed E-state index contributed by atoms with van der Waals surface area (Å²) in [6.45, 7) is 6.47. The van der Waals surface area contributed by atoms with Gasteiger partial charge in [-0.05, 0) is 19.4 Å². The van der Waals surface area contributed by atoms with Gasteiger partial charge in [0, 0.05) is 31.2 Å². The zero-order valence-corrected chi connectivity index (χ0v) is 16.4. The van der Waals surface area contributed by atoms with E-state index in [0.29, 0.717) is 6.54 Å². The van der Waals surface area contributed by atoms with Crippen molar-refractivity contribution in [1.29, 1.82) is 0 Å². The number of rotatable bonds is 5. The molecular weight excluding hydrogens is 407 g/mol. The summed E-state index contributed by atoms with van der Waals surface area (Å²) >= 11 is 1.70. The molecule has 0 unspecified atom stereocenters. The normalized spacial score (nSPS) is 11.0. The molecule has 4 nitrogen and oxygen atoms in total. The van der Waals surface area contributed by atoms with Gasteiger partial charge in [-0.3, -0.25) is 0 Å². The SMILES string of the molecule is CCNC(=NCc1ncc(C)s1)N(C)Cc1ccccc1.I. The fourth-order valence-corrected chi connectivity index (χ4v) is 2.73. The molecule has 1 heterocycles. The van der Waals surface area contributed by atoms with Crippen LogP contribution in [0.25, 0.3) is 0 Å². The number of nitrogens with one attached hydrogen (secondary N) is 1. The molecule has 0 aliphatic heterocycles. The van der Waals surface area contributed by atoms with E-state index in [2.05, 4.69) is 65.4 Å². The van der Waals surface area contributed by atoms with Crippen LogP contribution in [0.3, 0.4) is 0 Å². The predicted molar refractivity (Wildman–Crippen MR) is 105 cm³/mol. The lowest BCUT2D eigenvalue weighted by Crippen LogP contribution is -2.38. The van der Waals surface area contributed by atoms with Gasteiger partial charge in [-0.1, -0.05) is 30.3 Å². The highest BCUT2D eigenvalue weighted by atomic mass is 127. The van der Waals surface area contributed by atoms with Gasteiger partial charge in [0.25, 0.3) is 0 Å². The summed E-state index contributed by atoms with van der Waals surface area (Å²) in [7, 11) is 2.06. The molecule has 0 bridgehead atoms. The van der Waals surface area contributed by atoms with E-state index < -0.39 is 0 Å². The van der Waals surface area contributed by atoms with Crippen LogP contribution in [0.1, 0.15) is 22.4 Å². The standard InChI is InChI=1S/C16H22N4S.HI/c1-4-17-16(19-11-15-18-10-13(2)21-15)20(3)12-14-8-6-5-7-9-14;/h5-10H,4,11-12H2,1-3H3,(H,17,19);1H. The van der Waals surface area contributed by atoms with E-state index in [4.69, 9.17) is 0 Å². The van der Waals surface area contributed by atoms with E-state index in [1.165, 1.54) is 10.4 Å². The Balaban J connectivity index is 0.00000242. The third-order valence-corrected chi connectivity index (χ3v) is 3.89. The Hall–Kier alpha value is -1.15. The maximum Gasteiger partial charge on any atom is 0.194 e. The number of benzene rings is 1. The number of nitrogens with zero attached hydrogens (tertiary/aromatic N) is 3. The Kier molecular flexibility index (Phi) is 8.40. The van der Waals surface area contributed by atoms with Gasteiger partial charge >= 0.3 is 0 Å². The minimum atomic E-state index is 0. The molecule has 22 heavy (non-hydrogen) atoms. The Morgan fingerprint density at radius 1 is 1.32 bits per heavy atom. The molecule has 6 heteroatoms. The smallest absolute Gasteiger partial charge is 0.194 e. The highest BCUT2D eigenvalue weighted by molar-refractivity contribution is 14.0. The van der Waals surface area contributed by atoms with E-state index in [-0.39, 0.29) is 24.0 Å². The van der Waals surface area contributed by atoms with Gasteiger partial charge in [0.1, 0.15) is 5.01 Å². The van der Waals surface area contributed by atoms with Crippen LogP contribution < -0.4 is 5.32 Å². The molecule has 0 fully saturated rings. The summed E-state index contributed by atoms with van der Waals surface area (Å²) in [6, 6.07) is 10.4. The maximum atomic E-state index is 4.67. The van der Waals surface area contributed by atoms with E-state index in [1.54, 1.807) is 11.3 Å². The van der Waals surface area contributed by atoms with Crippen LogP contribution in [0.5, 0.6) is 0 Å². The third kappa shape index (κ3) is 5.92. The van der Waals surface area contributed by atoms with Crippen molar-refractivity contribution >= 4 is 41.3 Å². The molecule has 0 amide bonds. The molecule has 0 radical (unpaired) electrons. The molecular formula is C16H23IN4S. The molecule has 2 rings (SSSR count). The molecule has 0 saturated heterocycles. The number of guanidine groups is 1. The first-order valence-electron chi connectivity index (χ1n) is 7.13. The van der Waals surface area contributed by atoms with Crippen LogP contribution in [0.2, 0.25) is 0 Å². The zero-order chi connectivity index (χ0) is 15.1. The Morgan fingerprint density at radius 3 is 2.64 bits per heavy atom. The first-order valence-corrected chi connectivity index (χ1v) is 7.95. The van der Waals surface area contributed by atoms with Crippen molar-refractivity contribution in [3.8, 4) is 0 Å². The number of thiazole rings is 1. The summed E-state index contributed by atoms with van der Waals surface area (Å²) in [5, 5.41) is 4.38. The number of hydrogen-bond donors (Lipinski definition) is 1. The first kappa shape index (κ1) is 18.9. The maximum absolute atomic E-state index is 4.67. The van der Waals surface area contributed by atoms with Gasteiger partial charge in [0.15, 0.2) is 5.96 Å². The summed E-state index contributed by atoms with van der Waals surface area (Å²) < 4.78 is 0. The average molecular weight is 430 g/mol. The molecule has 1 aromatic heterocycles. The van der Waals surface area contributed by atoms with Crippen LogP contribution in [0, 0.1) is 6.92 Å². The minimum Gasteiger partial charge on any atom is -0.357 e. The highest BCUT2D eigenvalue weighted by Crippen LogP contribution is 2.12. The third-order valence-electron chi connectivity index (χ3n) is 2.99. The second-order valence-electron chi connectivity index (χ2n) is 4.88. The molecule has 2 aromatic rings. The average Bonchev–Trinajstić information content (AvgIpc) is 2.90. The molecule has 0 saturated carbocycles. The van der Waals surface area contributed by atoms with Crippen LogP contribution in [0.15, 0.2) is 41.5 Å². The lowest BCUT2D eigenvalue weighted by Gasteiger charge is -2.22. The van der Waals surface area contributed by atoms with Crippen LogP contribution in [0.4, 0.5) is 0 Å². The van der Waals surface area contributed by atoms with E-state index >= 15 is 0 Å². The van der Waals surface area contributed by atoms with Gasteiger partial charge in [0.2, 0.25) is 0 Å². The second-order valence-corrected chi connectivity index (χ2v) is 6.20. The predicted octanol–water partition coefficient (Wildman–Crippen LogP) is 3.67. The van der Waals surface area contributed by atoms with Crippen molar-refractivity contribution < 1.29 is 0 Å². The Morgan fingerprint density at radius 2 is 2.05 bits per heavy atom. The van der Waals surface area contributed by atoms with E-state index in [0.717, 1.165) is 24.1 Å². The molecule has 1 N–H and O–H groups in total. The number of aryl methyl sites for hydroxylation is 1. The lowest BCUT2D eigenvalue weighted by molar-refractivity contribution is 0.477. The zero-order valence-electron chi connectivity index (χ0n) is 13.2. The van der Waals surface area contributed by atoms with Crippen LogP contribution >= 0.6 is 35.3 Å². The lowest BCUT2D eigenvalue weighted by atomic mass is 10.2. The van der Waals surface area contributed by atoms with Crippen molar-refractivity contribution in [2.75, 3.05) is 13.6 Å². The van der Waals surface area contributed by atoms with Gasteiger partial charge in [-0.25, -0.2) is 9.98 Å². The summed E-state index contributed by atoms with van der Waals surface area (Å²) in [6.07, 6.45) is 1.90. The summed E-state index contributed by atoms with van der Waals surface area (Å²) in [5.41, 5.74) is 1.27. The fourth-order valence-electron chi connectivity index (χ4n) is 2.02. The van der Waals surface area contributed by atoms with Gasteiger partial charge < -0.3 is 10.2 Å². The summed E-state index contributed by atoms with van der Waals surface area (Å²) in [4.78, 5) is 12.4. The van der Waals surface area contributed by atoms with Crippen LogP contribution in [-0.2, 0) is 13.1 Å². The monoisotopic (exact) mass is 430 g/mol. The van der Waals surface area contributed by atoms with Crippen molar-refractivity contribution in [2.24, 2.45) is 4.99 Å². The number of aromatic nitrogens is 1. The summed E-state index contributed by atoms with van der Waals surface area (Å²) in [5.74, 6) is 0.911. The number of halogens is 1. The molecule has 120 valence electrons. The Bertz CT molecular complexity index is 583. The van der Waals surface area contributed by atoms with Crippen molar-refractivity contribution in [3.63, 3.8) is 0 Å². The van der Waals surface area contributed by atoms with Crippen molar-refractivity contribution in [3.05, 3.63) is 52.0 Å². The van der Waals surface area contributed by atoms with Crippen LogP contribution in [-0.4, -0.2) is 29.4 Å². The molecule has 0 atom stereocenters. The van der Waals surface area contributed by atoms with E-state index in [1.807, 2.05) is 12.3 Å². The number of aliphatic imine (C=N–C) groups is 1. The molecule has 0 aliphatic rings. The molecule has 0 spiro atoms. The fraction of sp³-hybridized carbons (Fsp3) is 0.375. The van der Waals surface area contributed by atoms with Gasteiger partial charge in [-0.2, -0.15) is 0 Å². The minimum absolute atomic E-state index is 0. The molecule has 0 aliphatic carbocycles. The highest BCUT2D eigenvalue weighted by Gasteiger charge is 2.07. The largest absolute Gasteiger partial charge is 0.357 e. The van der Waals surface area contributed by atoms with Gasteiger partial charge in [0.05, 0.1) is 6.54 Å². The molecule has 1 aromatic carbocycles.